The lowest BCUT2D eigenvalue weighted by molar-refractivity contribution is 0.470. The summed E-state index contributed by atoms with van der Waals surface area (Å²) in [4.78, 5) is 0. The molecule has 1 fully saturated rings. The summed E-state index contributed by atoms with van der Waals surface area (Å²) in [7, 11) is 2.03. The molecule has 0 amide bonds. The monoisotopic (exact) mass is 221 g/mol. The van der Waals surface area contributed by atoms with Crippen LogP contribution in [0.15, 0.2) is 18.2 Å². The Hall–Kier alpha value is -0.890. The molecular weight excluding hydrogens is 201 g/mol. The smallest absolute Gasteiger partial charge is 0.126 e. The molecular formula is C14H20FN. The summed E-state index contributed by atoms with van der Waals surface area (Å²) in [5.41, 5.74) is 1.85. The molecule has 1 nitrogen and oxygen atoms in total. The molecule has 0 heterocycles. The first-order chi connectivity index (χ1) is 7.70. The van der Waals surface area contributed by atoms with Gasteiger partial charge >= 0.3 is 0 Å². The Bertz CT molecular complexity index is 358. The van der Waals surface area contributed by atoms with E-state index in [-0.39, 0.29) is 5.82 Å². The fourth-order valence-electron chi connectivity index (χ4n) is 2.23. The van der Waals surface area contributed by atoms with E-state index in [1.165, 1.54) is 12.8 Å². The number of hydrogen-bond donors (Lipinski definition) is 1. The zero-order chi connectivity index (χ0) is 11.5. The molecule has 0 bridgehead atoms. The second kappa shape index (κ2) is 4.96. The van der Waals surface area contributed by atoms with Crippen molar-refractivity contribution in [1.82, 2.24) is 5.32 Å². The Morgan fingerprint density at radius 2 is 2.19 bits per heavy atom. The molecule has 2 rings (SSSR count). The maximum atomic E-state index is 13.3. The van der Waals surface area contributed by atoms with Crippen molar-refractivity contribution in [3.8, 4) is 0 Å². The fraction of sp³-hybridized carbons (Fsp3) is 0.571. The summed E-state index contributed by atoms with van der Waals surface area (Å²) in [5.74, 6) is 0.783. The van der Waals surface area contributed by atoms with E-state index in [2.05, 4.69) is 5.32 Å². The standard InChI is InChI=1S/C14H20FN/c1-10-3-4-11(9-13(10)15)5-8-14(16-2)12-6-7-12/h3-4,9,12,14,16H,5-8H2,1-2H3. The molecule has 16 heavy (non-hydrogen) atoms. The number of nitrogens with one attached hydrogen (secondary N) is 1. The normalized spacial score (nSPS) is 17.4. The van der Waals surface area contributed by atoms with E-state index in [9.17, 15) is 4.39 Å². The third-order valence-corrected chi connectivity index (χ3v) is 3.54. The Morgan fingerprint density at radius 3 is 2.75 bits per heavy atom. The van der Waals surface area contributed by atoms with Crippen LogP contribution in [0.25, 0.3) is 0 Å². The van der Waals surface area contributed by atoms with Crippen molar-refractivity contribution in [3.05, 3.63) is 35.1 Å². The van der Waals surface area contributed by atoms with Crippen molar-refractivity contribution in [3.63, 3.8) is 0 Å². The number of aryl methyl sites for hydroxylation is 2. The fourth-order valence-corrected chi connectivity index (χ4v) is 2.23. The van der Waals surface area contributed by atoms with Gasteiger partial charge in [0.05, 0.1) is 0 Å². The number of halogens is 1. The predicted octanol–water partition coefficient (Wildman–Crippen LogP) is 3.06. The molecule has 1 aliphatic rings. The molecule has 1 saturated carbocycles. The van der Waals surface area contributed by atoms with Gasteiger partial charge < -0.3 is 5.32 Å². The molecule has 1 aromatic carbocycles. The third kappa shape index (κ3) is 2.82. The highest BCUT2D eigenvalue weighted by molar-refractivity contribution is 5.23. The van der Waals surface area contributed by atoms with Gasteiger partial charge in [0.2, 0.25) is 0 Å². The lowest BCUT2D eigenvalue weighted by Crippen LogP contribution is -2.27. The second-order valence-corrected chi connectivity index (χ2v) is 4.85. The van der Waals surface area contributed by atoms with Crippen LogP contribution in [0, 0.1) is 18.7 Å². The maximum Gasteiger partial charge on any atom is 0.126 e. The first kappa shape index (κ1) is 11.6. The van der Waals surface area contributed by atoms with E-state index < -0.39 is 0 Å². The van der Waals surface area contributed by atoms with Crippen LogP contribution in [0.5, 0.6) is 0 Å². The third-order valence-electron chi connectivity index (χ3n) is 3.54. The van der Waals surface area contributed by atoms with Crippen LogP contribution in [0.2, 0.25) is 0 Å². The van der Waals surface area contributed by atoms with E-state index >= 15 is 0 Å². The summed E-state index contributed by atoms with van der Waals surface area (Å²) in [6.07, 6.45) is 4.80. The van der Waals surface area contributed by atoms with E-state index in [1.54, 1.807) is 13.0 Å². The van der Waals surface area contributed by atoms with Crippen LogP contribution < -0.4 is 5.32 Å². The van der Waals surface area contributed by atoms with Crippen LogP contribution in [0.4, 0.5) is 4.39 Å². The van der Waals surface area contributed by atoms with Crippen molar-refractivity contribution in [1.29, 1.82) is 0 Å². The second-order valence-electron chi connectivity index (χ2n) is 4.85. The van der Waals surface area contributed by atoms with Gasteiger partial charge in [0, 0.05) is 6.04 Å². The number of benzene rings is 1. The molecule has 2 heteroatoms. The van der Waals surface area contributed by atoms with E-state index in [1.807, 2.05) is 19.2 Å². The van der Waals surface area contributed by atoms with Gasteiger partial charge in [-0.25, -0.2) is 4.39 Å². The zero-order valence-electron chi connectivity index (χ0n) is 10.1. The first-order valence-corrected chi connectivity index (χ1v) is 6.13. The molecule has 1 N–H and O–H groups in total. The minimum absolute atomic E-state index is 0.0788. The molecule has 0 saturated heterocycles. The molecule has 1 unspecified atom stereocenters. The molecule has 1 atom stereocenters. The largest absolute Gasteiger partial charge is 0.317 e. The molecule has 88 valence electrons. The van der Waals surface area contributed by atoms with Gasteiger partial charge in [0.25, 0.3) is 0 Å². The summed E-state index contributed by atoms with van der Waals surface area (Å²) >= 11 is 0. The van der Waals surface area contributed by atoms with Crippen LogP contribution in [0.1, 0.15) is 30.4 Å². The van der Waals surface area contributed by atoms with E-state index in [4.69, 9.17) is 0 Å². The SMILES string of the molecule is CNC(CCc1ccc(C)c(F)c1)C1CC1. The van der Waals surface area contributed by atoms with Crippen molar-refractivity contribution in [2.75, 3.05) is 7.05 Å². The summed E-state index contributed by atoms with van der Waals surface area (Å²) in [5, 5.41) is 3.37. The van der Waals surface area contributed by atoms with Gasteiger partial charge in [-0.15, -0.1) is 0 Å². The van der Waals surface area contributed by atoms with Crippen LogP contribution >= 0.6 is 0 Å². The minimum atomic E-state index is -0.0788. The summed E-state index contributed by atoms with van der Waals surface area (Å²) < 4.78 is 13.3. The highest BCUT2D eigenvalue weighted by Gasteiger charge is 2.29. The van der Waals surface area contributed by atoms with Crippen molar-refractivity contribution < 1.29 is 4.39 Å². The number of rotatable bonds is 5. The van der Waals surface area contributed by atoms with Crippen LogP contribution in [-0.2, 0) is 6.42 Å². The van der Waals surface area contributed by atoms with Crippen molar-refractivity contribution >= 4 is 0 Å². The lowest BCUT2D eigenvalue weighted by atomic mass is 10.0. The molecule has 0 aromatic heterocycles. The Labute approximate surface area is 97.1 Å². The number of hydrogen-bond acceptors (Lipinski definition) is 1. The predicted molar refractivity (Wildman–Crippen MR) is 65.0 cm³/mol. The summed E-state index contributed by atoms with van der Waals surface area (Å²) in [6.45, 7) is 1.81. The van der Waals surface area contributed by atoms with Gasteiger partial charge in [-0.05, 0) is 62.8 Å². The summed E-state index contributed by atoms with van der Waals surface area (Å²) in [6, 6.07) is 6.20. The molecule has 1 aliphatic carbocycles. The van der Waals surface area contributed by atoms with Gasteiger partial charge in [0.15, 0.2) is 0 Å². The Balaban J connectivity index is 1.90. The highest BCUT2D eigenvalue weighted by Crippen LogP contribution is 2.34. The van der Waals surface area contributed by atoms with Crippen molar-refractivity contribution in [2.24, 2.45) is 5.92 Å². The average Bonchev–Trinajstić information content (AvgIpc) is 3.08. The van der Waals surface area contributed by atoms with Gasteiger partial charge in [-0.2, -0.15) is 0 Å². The highest BCUT2D eigenvalue weighted by atomic mass is 19.1. The quantitative estimate of drug-likeness (QED) is 0.805. The van der Waals surface area contributed by atoms with Gasteiger partial charge in [-0.3, -0.25) is 0 Å². The topological polar surface area (TPSA) is 12.0 Å². The van der Waals surface area contributed by atoms with Crippen molar-refractivity contribution in [2.45, 2.75) is 38.6 Å². The average molecular weight is 221 g/mol. The molecule has 0 radical (unpaired) electrons. The van der Waals surface area contributed by atoms with Gasteiger partial charge in [-0.1, -0.05) is 12.1 Å². The lowest BCUT2D eigenvalue weighted by Gasteiger charge is -2.15. The minimum Gasteiger partial charge on any atom is -0.317 e. The Kier molecular flexibility index (Phi) is 3.59. The first-order valence-electron chi connectivity index (χ1n) is 6.13. The maximum absolute atomic E-state index is 13.3. The van der Waals surface area contributed by atoms with Gasteiger partial charge in [0.1, 0.15) is 5.82 Å². The van der Waals surface area contributed by atoms with Crippen LogP contribution in [0.3, 0.4) is 0 Å². The molecule has 0 spiro atoms. The molecule has 1 aromatic rings. The van der Waals surface area contributed by atoms with E-state index in [0.29, 0.717) is 6.04 Å². The Morgan fingerprint density at radius 1 is 1.44 bits per heavy atom. The van der Waals surface area contributed by atoms with E-state index in [0.717, 1.165) is 29.9 Å². The zero-order valence-corrected chi connectivity index (χ0v) is 10.1. The molecule has 0 aliphatic heterocycles. The van der Waals surface area contributed by atoms with Crippen LogP contribution in [-0.4, -0.2) is 13.1 Å².